The van der Waals surface area contributed by atoms with Crippen LogP contribution in [0.1, 0.15) is 25.7 Å². The Morgan fingerprint density at radius 3 is 2.55 bits per heavy atom. The van der Waals surface area contributed by atoms with Crippen molar-refractivity contribution >= 4 is 5.78 Å². The van der Waals surface area contributed by atoms with Gasteiger partial charge in [-0.15, -0.1) is 6.26 Å². The molecule has 1 fully saturated rings. The van der Waals surface area contributed by atoms with Crippen LogP contribution in [-0.2, 0) is 4.79 Å². The van der Waals surface area contributed by atoms with E-state index in [0.29, 0.717) is 18.6 Å². The fourth-order valence-corrected chi connectivity index (χ4v) is 1.13. The average Bonchev–Trinajstić information content (AvgIpc) is 1.80. The van der Waals surface area contributed by atoms with Crippen molar-refractivity contribution in [2.45, 2.75) is 25.7 Å². The van der Waals surface area contributed by atoms with Gasteiger partial charge in [-0.3, -0.25) is 4.79 Å². The Balaban J connectivity index is 0.000001000. The van der Waals surface area contributed by atoms with Gasteiger partial charge >= 0.3 is 29.6 Å². The first-order valence-corrected chi connectivity index (χ1v) is 3.64. The molecular weight excluding hydrogens is 151 g/mol. The van der Waals surface area contributed by atoms with Crippen molar-refractivity contribution in [2.24, 2.45) is 5.92 Å². The minimum atomic E-state index is -0.0142. The third kappa shape index (κ3) is 3.94. The molecule has 0 unspecified atom stereocenters. The Labute approximate surface area is 89.0 Å². The summed E-state index contributed by atoms with van der Waals surface area (Å²) in [6, 6.07) is 0. The summed E-state index contributed by atoms with van der Waals surface area (Å²) in [6.07, 6.45) is 5.86. The summed E-state index contributed by atoms with van der Waals surface area (Å²) >= 11 is 0. The first kappa shape index (κ1) is 11.2. The number of ketones is 1. The van der Waals surface area contributed by atoms with Gasteiger partial charge in [0, 0.05) is 6.42 Å². The summed E-state index contributed by atoms with van der Waals surface area (Å²) in [6.45, 7) is 0. The van der Waals surface area contributed by atoms with Gasteiger partial charge in [0.25, 0.3) is 0 Å². The van der Waals surface area contributed by atoms with E-state index >= 15 is 0 Å². The molecule has 0 aromatic heterocycles. The molecule has 1 saturated carbocycles. The normalized spacial score (nSPS) is 17.5. The number of carbonyl (C=O) groups excluding carboxylic acids is 1. The van der Waals surface area contributed by atoms with E-state index in [-0.39, 0.29) is 35.3 Å². The molecule has 0 heterocycles. The number of hydrogen-bond donors (Lipinski definition) is 0. The fourth-order valence-electron chi connectivity index (χ4n) is 1.13. The molecular formula is C8H11NaO2. The van der Waals surface area contributed by atoms with Crippen LogP contribution in [0, 0.1) is 5.92 Å². The van der Waals surface area contributed by atoms with E-state index < -0.39 is 0 Å². The number of carbonyl (C=O) groups is 1. The van der Waals surface area contributed by atoms with Crippen LogP contribution in [0.4, 0.5) is 0 Å². The van der Waals surface area contributed by atoms with Crippen LogP contribution in [0.15, 0.2) is 12.3 Å². The predicted molar refractivity (Wildman–Crippen MR) is 36.1 cm³/mol. The van der Waals surface area contributed by atoms with Gasteiger partial charge in [-0.2, -0.15) is 0 Å². The minimum Gasteiger partial charge on any atom is -0.878 e. The molecule has 0 spiro atoms. The quantitative estimate of drug-likeness (QED) is 0.264. The Bertz CT molecular complexity index is 150. The van der Waals surface area contributed by atoms with Gasteiger partial charge in [-0.1, -0.05) is 19.3 Å². The molecule has 0 N–H and O–H groups in total. The second-order valence-corrected chi connectivity index (χ2v) is 2.77. The molecule has 1 aliphatic rings. The Kier molecular flexibility index (Phi) is 5.92. The largest absolute Gasteiger partial charge is 1.00 e. The maximum atomic E-state index is 10.8. The third-order valence-corrected chi connectivity index (χ3v) is 1.97. The van der Waals surface area contributed by atoms with Crippen LogP contribution in [0.2, 0.25) is 0 Å². The van der Waals surface area contributed by atoms with E-state index in [1.165, 1.54) is 19.3 Å². The molecule has 1 rings (SSSR count). The second-order valence-electron chi connectivity index (χ2n) is 2.77. The van der Waals surface area contributed by atoms with Gasteiger partial charge in [0.05, 0.1) is 0 Å². The monoisotopic (exact) mass is 162 g/mol. The summed E-state index contributed by atoms with van der Waals surface area (Å²) in [5.74, 6) is 0.559. The van der Waals surface area contributed by atoms with Crippen molar-refractivity contribution in [1.29, 1.82) is 0 Å². The van der Waals surface area contributed by atoms with Gasteiger partial charge in [0.15, 0.2) is 5.78 Å². The average molecular weight is 162 g/mol. The molecule has 0 atom stereocenters. The summed E-state index contributed by atoms with van der Waals surface area (Å²) in [5.41, 5.74) is 0. The van der Waals surface area contributed by atoms with Crippen LogP contribution in [0.3, 0.4) is 0 Å². The van der Waals surface area contributed by atoms with Gasteiger partial charge in [0.2, 0.25) is 0 Å². The molecule has 0 radical (unpaired) electrons. The molecule has 0 bridgehead atoms. The topological polar surface area (TPSA) is 40.1 Å². The first-order chi connectivity index (χ1) is 4.83. The van der Waals surface area contributed by atoms with Gasteiger partial charge in [-0.05, 0) is 12.0 Å². The van der Waals surface area contributed by atoms with E-state index in [2.05, 4.69) is 0 Å². The van der Waals surface area contributed by atoms with Crippen LogP contribution in [0.5, 0.6) is 0 Å². The van der Waals surface area contributed by atoms with E-state index in [0.717, 1.165) is 6.08 Å². The predicted octanol–water partition coefficient (Wildman–Crippen LogP) is -2.38. The Hall–Kier alpha value is 0.210. The van der Waals surface area contributed by atoms with E-state index in [9.17, 15) is 9.90 Å². The van der Waals surface area contributed by atoms with Crippen LogP contribution < -0.4 is 34.7 Å². The minimum absolute atomic E-state index is 0. The Morgan fingerprint density at radius 2 is 2.18 bits per heavy atom. The molecule has 56 valence electrons. The van der Waals surface area contributed by atoms with Crippen molar-refractivity contribution < 1.29 is 39.5 Å². The molecule has 2 nitrogen and oxygen atoms in total. The summed E-state index contributed by atoms with van der Waals surface area (Å²) in [4.78, 5) is 10.8. The van der Waals surface area contributed by atoms with E-state index in [4.69, 9.17) is 0 Å². The zero-order chi connectivity index (χ0) is 7.40. The SMILES string of the molecule is O=C(/C=C/[O-])CC1CCC1.[Na+]. The zero-order valence-electron chi connectivity index (χ0n) is 6.88. The molecule has 0 amide bonds. The van der Waals surface area contributed by atoms with Crippen LogP contribution in [-0.4, -0.2) is 5.78 Å². The number of allylic oxidation sites excluding steroid dienone is 1. The van der Waals surface area contributed by atoms with Crippen molar-refractivity contribution in [3.05, 3.63) is 12.3 Å². The molecule has 1 aliphatic carbocycles. The molecule has 0 aromatic carbocycles. The van der Waals surface area contributed by atoms with E-state index in [1.54, 1.807) is 0 Å². The maximum absolute atomic E-state index is 10.8. The van der Waals surface area contributed by atoms with Crippen molar-refractivity contribution in [1.82, 2.24) is 0 Å². The van der Waals surface area contributed by atoms with Gasteiger partial charge < -0.3 is 5.11 Å². The molecule has 0 aliphatic heterocycles. The fraction of sp³-hybridized carbons (Fsp3) is 0.625. The second kappa shape index (κ2) is 5.81. The van der Waals surface area contributed by atoms with Crippen molar-refractivity contribution in [3.8, 4) is 0 Å². The molecule has 0 aromatic rings. The molecule has 0 saturated heterocycles. The smallest absolute Gasteiger partial charge is 0.878 e. The standard InChI is InChI=1S/C8H12O2.Na/c9-5-4-8(10)6-7-2-1-3-7;/h4-5,7,9H,1-3,6H2;/q;+1/p-1/b5-4+;. The molecule has 3 heteroatoms. The van der Waals surface area contributed by atoms with E-state index in [1.807, 2.05) is 0 Å². The number of hydrogen-bond acceptors (Lipinski definition) is 2. The Morgan fingerprint density at radius 1 is 1.55 bits per heavy atom. The van der Waals surface area contributed by atoms with Crippen LogP contribution in [0.25, 0.3) is 0 Å². The zero-order valence-corrected chi connectivity index (χ0v) is 8.88. The van der Waals surface area contributed by atoms with Crippen molar-refractivity contribution in [3.63, 3.8) is 0 Å². The van der Waals surface area contributed by atoms with Gasteiger partial charge in [0.1, 0.15) is 0 Å². The van der Waals surface area contributed by atoms with Crippen molar-refractivity contribution in [2.75, 3.05) is 0 Å². The summed E-state index contributed by atoms with van der Waals surface area (Å²) < 4.78 is 0. The molecule has 11 heavy (non-hydrogen) atoms. The van der Waals surface area contributed by atoms with Crippen LogP contribution >= 0.6 is 0 Å². The number of rotatable bonds is 3. The third-order valence-electron chi connectivity index (χ3n) is 1.97. The van der Waals surface area contributed by atoms with Gasteiger partial charge in [-0.25, -0.2) is 0 Å². The first-order valence-electron chi connectivity index (χ1n) is 3.64. The summed E-state index contributed by atoms with van der Waals surface area (Å²) in [5, 5.41) is 9.83. The maximum Gasteiger partial charge on any atom is 1.00 e. The summed E-state index contributed by atoms with van der Waals surface area (Å²) in [7, 11) is 0.